The number of alkyl halides is 1. The predicted octanol–water partition coefficient (Wildman–Crippen LogP) is 2.71. The highest BCUT2D eigenvalue weighted by molar-refractivity contribution is 6.21. The minimum absolute atomic E-state index is 0.209. The number of halogens is 2. The monoisotopic (exact) mass is 263 g/mol. The third kappa shape index (κ3) is 3.56. The molecule has 1 aromatic carbocycles. The van der Waals surface area contributed by atoms with Crippen molar-refractivity contribution in [3.8, 4) is 0 Å². The molecule has 0 aliphatic rings. The van der Waals surface area contributed by atoms with Gasteiger partial charge in [-0.05, 0) is 11.6 Å². The number of carbonyl (C=O) groups is 1. The molecule has 0 radical (unpaired) electrons. The lowest BCUT2D eigenvalue weighted by Crippen LogP contribution is -2.07. The van der Waals surface area contributed by atoms with Crippen LogP contribution in [0.25, 0.3) is 0 Å². The molecule has 0 unspecified atom stereocenters. The lowest BCUT2D eigenvalue weighted by Gasteiger charge is -2.08. The van der Waals surface area contributed by atoms with E-state index >= 15 is 0 Å². The first-order chi connectivity index (χ1) is 7.91. The smallest absolute Gasteiger partial charge is 0.450 e. The van der Waals surface area contributed by atoms with Crippen LogP contribution < -0.4 is 0 Å². The minimum atomic E-state index is -1.51. The number of nitro benzene ring substituents is 1. The Morgan fingerprint density at radius 1 is 1.65 bits per heavy atom. The maximum atomic E-state index is 13.0. The fourth-order valence-corrected chi connectivity index (χ4v) is 1.30. The maximum absolute atomic E-state index is 13.0. The molecule has 6 nitrogen and oxygen atoms in total. The normalized spacial score (nSPS) is 11.9. The van der Waals surface area contributed by atoms with Gasteiger partial charge in [0.2, 0.25) is 5.82 Å². The van der Waals surface area contributed by atoms with Crippen LogP contribution in [0.15, 0.2) is 18.2 Å². The Morgan fingerprint density at radius 2 is 2.29 bits per heavy atom. The van der Waals surface area contributed by atoms with Crippen molar-refractivity contribution in [3.05, 3.63) is 39.7 Å². The number of nitrogens with zero attached hydrogens (tertiary/aromatic N) is 1. The number of hydrogen-bond donors (Lipinski definition) is 1. The first-order valence-corrected chi connectivity index (χ1v) is 4.79. The van der Waals surface area contributed by atoms with E-state index in [0.717, 1.165) is 12.1 Å². The molecule has 8 heteroatoms. The van der Waals surface area contributed by atoms with Crippen LogP contribution >= 0.6 is 11.6 Å². The first-order valence-electron chi connectivity index (χ1n) is 4.35. The van der Waals surface area contributed by atoms with Crippen molar-refractivity contribution in [2.24, 2.45) is 0 Å². The van der Waals surface area contributed by atoms with Crippen molar-refractivity contribution in [3.63, 3.8) is 0 Å². The molecule has 92 valence electrons. The Labute approximate surface area is 99.7 Å². The lowest BCUT2D eigenvalue weighted by molar-refractivity contribution is -0.387. The van der Waals surface area contributed by atoms with Crippen molar-refractivity contribution in [2.45, 2.75) is 5.38 Å². The number of ether oxygens (including phenoxy) is 1. The molecule has 0 aliphatic carbocycles. The molecule has 1 aromatic rings. The molecule has 0 heterocycles. The molecule has 0 bridgehead atoms. The van der Waals surface area contributed by atoms with Crippen LogP contribution in [-0.2, 0) is 4.74 Å². The Kier molecular flexibility index (Phi) is 4.22. The summed E-state index contributed by atoms with van der Waals surface area (Å²) in [6.45, 7) is -0.375. The van der Waals surface area contributed by atoms with Gasteiger partial charge in [0, 0.05) is 6.07 Å². The summed E-state index contributed by atoms with van der Waals surface area (Å²) in [4.78, 5) is 19.7. The number of benzene rings is 1. The summed E-state index contributed by atoms with van der Waals surface area (Å²) in [5.41, 5.74) is -0.510. The summed E-state index contributed by atoms with van der Waals surface area (Å²) >= 11 is 5.75. The summed E-state index contributed by atoms with van der Waals surface area (Å²) in [6.07, 6.45) is -1.51. The second-order valence-electron chi connectivity index (χ2n) is 3.01. The fraction of sp³-hybridized carbons (Fsp3) is 0.222. The molecule has 1 N–H and O–H groups in total. The van der Waals surface area contributed by atoms with Crippen molar-refractivity contribution >= 4 is 23.4 Å². The van der Waals surface area contributed by atoms with E-state index in [9.17, 15) is 19.3 Å². The van der Waals surface area contributed by atoms with Crippen LogP contribution in [-0.4, -0.2) is 22.8 Å². The van der Waals surface area contributed by atoms with E-state index in [-0.39, 0.29) is 12.2 Å². The van der Waals surface area contributed by atoms with Crippen LogP contribution in [0.3, 0.4) is 0 Å². The highest BCUT2D eigenvalue weighted by Crippen LogP contribution is 2.26. The molecule has 0 amide bonds. The zero-order valence-corrected chi connectivity index (χ0v) is 9.06. The SMILES string of the molecule is O=C(O)OC[C@H](Cl)c1ccc(F)c([N+](=O)[O-])c1. The van der Waals surface area contributed by atoms with E-state index in [2.05, 4.69) is 4.74 Å². The summed E-state index contributed by atoms with van der Waals surface area (Å²) in [5, 5.41) is 17.8. The molecular weight excluding hydrogens is 257 g/mol. The molecule has 0 saturated heterocycles. The molecule has 17 heavy (non-hydrogen) atoms. The number of hydrogen-bond acceptors (Lipinski definition) is 4. The standard InChI is InChI=1S/C9H7ClFNO5/c10-6(4-17-9(13)14)5-1-2-7(11)8(3-5)12(15)16/h1-3,6H,4H2,(H,13,14)/t6-/m0/s1. The molecule has 1 rings (SSSR count). The van der Waals surface area contributed by atoms with Gasteiger partial charge in [0.05, 0.1) is 10.3 Å². The van der Waals surface area contributed by atoms with Crippen LogP contribution in [0.5, 0.6) is 0 Å². The zero-order valence-electron chi connectivity index (χ0n) is 8.30. The third-order valence-electron chi connectivity index (χ3n) is 1.88. The topological polar surface area (TPSA) is 89.7 Å². The molecule has 0 fully saturated rings. The van der Waals surface area contributed by atoms with Gasteiger partial charge in [-0.3, -0.25) is 10.1 Å². The first kappa shape index (κ1) is 13.2. The van der Waals surface area contributed by atoms with Crippen molar-refractivity contribution in [1.29, 1.82) is 0 Å². The number of nitro groups is 1. The summed E-state index contributed by atoms with van der Waals surface area (Å²) in [5.74, 6) is -0.984. The van der Waals surface area contributed by atoms with Crippen molar-refractivity contribution in [2.75, 3.05) is 6.61 Å². The van der Waals surface area contributed by atoms with E-state index in [1.165, 1.54) is 6.07 Å². The average molecular weight is 264 g/mol. The maximum Gasteiger partial charge on any atom is 0.505 e. The Bertz CT molecular complexity index is 453. The van der Waals surface area contributed by atoms with Gasteiger partial charge in [-0.25, -0.2) is 4.79 Å². The largest absolute Gasteiger partial charge is 0.505 e. The lowest BCUT2D eigenvalue weighted by atomic mass is 10.1. The average Bonchev–Trinajstić information content (AvgIpc) is 2.26. The van der Waals surface area contributed by atoms with Crippen molar-refractivity contribution < 1.29 is 24.0 Å². The summed E-state index contributed by atoms with van der Waals surface area (Å²) in [6, 6.07) is 3.06. The van der Waals surface area contributed by atoms with Gasteiger partial charge in [-0.1, -0.05) is 6.07 Å². The quantitative estimate of drug-likeness (QED) is 0.390. The minimum Gasteiger partial charge on any atom is -0.450 e. The summed E-state index contributed by atoms with van der Waals surface area (Å²) < 4.78 is 17.2. The molecule has 0 spiro atoms. The van der Waals surface area contributed by atoms with Crippen LogP contribution in [0.2, 0.25) is 0 Å². The fourth-order valence-electron chi connectivity index (χ4n) is 1.11. The molecule has 0 aliphatic heterocycles. The van der Waals surface area contributed by atoms with E-state index in [0.29, 0.717) is 0 Å². The molecular formula is C9H7ClFNO5. The molecule has 0 saturated carbocycles. The molecule has 1 atom stereocenters. The van der Waals surface area contributed by atoms with Gasteiger partial charge in [0.15, 0.2) is 0 Å². The number of rotatable bonds is 4. The van der Waals surface area contributed by atoms with E-state index in [4.69, 9.17) is 16.7 Å². The second-order valence-corrected chi connectivity index (χ2v) is 3.54. The highest BCUT2D eigenvalue weighted by Gasteiger charge is 2.18. The Morgan fingerprint density at radius 3 is 2.82 bits per heavy atom. The van der Waals surface area contributed by atoms with Gasteiger partial charge < -0.3 is 9.84 Å². The van der Waals surface area contributed by atoms with Gasteiger partial charge in [0.25, 0.3) is 0 Å². The van der Waals surface area contributed by atoms with E-state index < -0.39 is 28.0 Å². The summed E-state index contributed by atoms with van der Waals surface area (Å²) in [7, 11) is 0. The highest BCUT2D eigenvalue weighted by atomic mass is 35.5. The molecule has 0 aromatic heterocycles. The van der Waals surface area contributed by atoms with Crippen LogP contribution in [0, 0.1) is 15.9 Å². The Hall–Kier alpha value is -1.89. The van der Waals surface area contributed by atoms with Crippen molar-refractivity contribution in [1.82, 2.24) is 0 Å². The second kappa shape index (κ2) is 5.44. The number of carboxylic acid groups (broad SMARTS) is 1. The van der Waals surface area contributed by atoms with Gasteiger partial charge in [-0.15, -0.1) is 11.6 Å². The van der Waals surface area contributed by atoms with Crippen LogP contribution in [0.4, 0.5) is 14.9 Å². The van der Waals surface area contributed by atoms with Crippen LogP contribution in [0.1, 0.15) is 10.9 Å². The van der Waals surface area contributed by atoms with Gasteiger partial charge >= 0.3 is 11.8 Å². The predicted molar refractivity (Wildman–Crippen MR) is 55.6 cm³/mol. The zero-order chi connectivity index (χ0) is 13.0. The van der Waals surface area contributed by atoms with Gasteiger partial charge in [-0.2, -0.15) is 4.39 Å². The third-order valence-corrected chi connectivity index (χ3v) is 2.26. The Balaban J connectivity index is 2.87. The van der Waals surface area contributed by atoms with E-state index in [1.807, 2.05) is 0 Å². The van der Waals surface area contributed by atoms with E-state index in [1.54, 1.807) is 0 Å². The van der Waals surface area contributed by atoms with Gasteiger partial charge in [0.1, 0.15) is 6.61 Å².